The van der Waals surface area contributed by atoms with E-state index < -0.39 is 11.7 Å². The third-order valence-electron chi connectivity index (χ3n) is 2.82. The molecule has 24 heavy (non-hydrogen) atoms. The molecule has 0 unspecified atom stereocenters. The maximum Gasteiger partial charge on any atom is 2.00 e. The van der Waals surface area contributed by atoms with Gasteiger partial charge in [-0.3, -0.25) is 5.50 Å². The van der Waals surface area contributed by atoms with Crippen molar-refractivity contribution in [3.05, 3.63) is 66.2 Å². The van der Waals surface area contributed by atoms with Crippen molar-refractivity contribution < 1.29 is 30.0 Å². The second kappa shape index (κ2) is 9.12. The standard InChI is InChI=1S/C18H20N2O2S.Pd/c1-18(2,3)22-17(21)20(15-12-8-5-9-13-15)16(23)19-14-10-6-4-7-11-14;/h4-13,19H,1-3H3;/q-2;+2. The molecule has 0 atom stereocenters. The quantitative estimate of drug-likeness (QED) is 0.436. The number of carbonyl (C=O) groups excluding carboxylic acids is 1. The summed E-state index contributed by atoms with van der Waals surface area (Å²) in [6.45, 7) is 5.46. The summed E-state index contributed by atoms with van der Waals surface area (Å²) in [6.07, 6.45) is -0.517. The van der Waals surface area contributed by atoms with Gasteiger partial charge in [0.2, 0.25) is 0 Å². The predicted octanol–water partition coefficient (Wildman–Crippen LogP) is 4.53. The average molecular weight is 435 g/mol. The van der Waals surface area contributed by atoms with E-state index in [9.17, 15) is 4.79 Å². The molecule has 130 valence electrons. The fourth-order valence-corrected chi connectivity index (χ4v) is 2.19. The van der Waals surface area contributed by atoms with Gasteiger partial charge in [0.05, 0.1) is 0 Å². The molecule has 0 aliphatic heterocycles. The van der Waals surface area contributed by atoms with Crippen molar-refractivity contribution in [2.45, 2.75) is 26.4 Å². The number of para-hydroxylation sites is 2. The molecule has 1 N–H and O–H groups in total. The molecule has 1 amide bonds. The summed E-state index contributed by atoms with van der Waals surface area (Å²) in [5, 5.41) is 3.06. The molecule has 0 saturated heterocycles. The van der Waals surface area contributed by atoms with Crippen molar-refractivity contribution >= 4 is 30.1 Å². The number of carbonyl (C=O) groups is 1. The first-order valence-electron chi connectivity index (χ1n) is 7.31. The molecule has 0 saturated carbocycles. The number of ether oxygens (including phenoxy) is 1. The van der Waals surface area contributed by atoms with E-state index >= 15 is 0 Å². The van der Waals surface area contributed by atoms with Crippen molar-refractivity contribution in [3.8, 4) is 0 Å². The van der Waals surface area contributed by atoms with Gasteiger partial charge < -0.3 is 27.6 Å². The molecule has 0 fully saturated rings. The summed E-state index contributed by atoms with van der Waals surface area (Å²) in [4.78, 5) is 13.9. The van der Waals surface area contributed by atoms with Crippen LogP contribution in [0.2, 0.25) is 0 Å². The molecule has 0 aliphatic carbocycles. The Morgan fingerprint density at radius 1 is 1.04 bits per heavy atom. The third kappa shape index (κ3) is 6.20. The summed E-state index contributed by atoms with van der Waals surface area (Å²) >= 11 is 5.42. The largest absolute Gasteiger partial charge is 2.00 e. The number of amides is 1. The number of nitrogens with one attached hydrogen (secondary N) is 1. The Morgan fingerprint density at radius 2 is 1.54 bits per heavy atom. The molecule has 2 rings (SSSR count). The molecule has 0 spiro atoms. The topological polar surface area (TPSA) is 41.6 Å². The van der Waals surface area contributed by atoms with Crippen molar-refractivity contribution in [3.63, 3.8) is 0 Å². The number of nitrogens with zero attached hydrogens (tertiary/aromatic N) is 1. The summed E-state index contributed by atoms with van der Waals surface area (Å²) in [5.74, 6) is 0. The van der Waals surface area contributed by atoms with E-state index in [2.05, 4.69) is 5.32 Å². The Hall–Kier alpha value is -1.48. The Morgan fingerprint density at radius 3 is 2.04 bits per heavy atom. The fourth-order valence-electron chi connectivity index (χ4n) is 1.89. The second-order valence-electron chi connectivity index (χ2n) is 5.95. The molecule has 0 heterocycles. The Bertz CT molecular complexity index is 632. The van der Waals surface area contributed by atoms with E-state index in [-0.39, 0.29) is 25.9 Å². The van der Waals surface area contributed by atoms with Gasteiger partial charge in [-0.15, -0.1) is 0 Å². The van der Waals surface area contributed by atoms with Gasteiger partial charge in [-0.2, -0.15) is 0 Å². The zero-order valence-electron chi connectivity index (χ0n) is 13.8. The first kappa shape index (κ1) is 20.6. The van der Waals surface area contributed by atoms with Crippen molar-refractivity contribution in [2.24, 2.45) is 0 Å². The van der Waals surface area contributed by atoms with Gasteiger partial charge >= 0.3 is 26.5 Å². The first-order chi connectivity index (χ1) is 10.9. The van der Waals surface area contributed by atoms with Crippen LogP contribution in [0.3, 0.4) is 0 Å². The summed E-state index contributed by atoms with van der Waals surface area (Å²) in [6, 6.07) is 18.6. The molecular formula is C18H20N2O2PdS. The number of hydrogen-bond donors (Lipinski definition) is 1. The van der Waals surface area contributed by atoms with E-state index in [4.69, 9.17) is 17.4 Å². The molecule has 0 bridgehead atoms. The van der Waals surface area contributed by atoms with Gasteiger partial charge in [-0.05, 0) is 45.0 Å². The maximum atomic E-state index is 12.6. The van der Waals surface area contributed by atoms with E-state index in [1.807, 2.05) is 81.4 Å². The van der Waals surface area contributed by atoms with Crippen LogP contribution in [0.25, 0.3) is 0 Å². The Labute approximate surface area is 162 Å². The zero-order valence-corrected chi connectivity index (χ0v) is 16.1. The summed E-state index contributed by atoms with van der Waals surface area (Å²) in [5.41, 5.74) is 1.11. The van der Waals surface area contributed by atoms with E-state index in [1.54, 1.807) is 0 Å². The van der Waals surface area contributed by atoms with Crippen LogP contribution in [-0.4, -0.2) is 11.7 Å². The molecule has 2 aromatic rings. The third-order valence-corrected chi connectivity index (χ3v) is 3.10. The number of hydrogen-bond acceptors (Lipinski definition) is 4. The van der Waals surface area contributed by atoms with Crippen molar-refractivity contribution in [1.29, 1.82) is 0 Å². The van der Waals surface area contributed by atoms with E-state index in [0.29, 0.717) is 5.69 Å². The van der Waals surface area contributed by atoms with E-state index in [0.717, 1.165) is 5.69 Å². The van der Waals surface area contributed by atoms with Crippen molar-refractivity contribution in [1.82, 2.24) is 0 Å². The van der Waals surface area contributed by atoms with Gasteiger partial charge in [0.25, 0.3) is 0 Å². The van der Waals surface area contributed by atoms with Gasteiger partial charge in [-0.25, -0.2) is 4.79 Å². The SMILES string of the molecule is CC(C)(C)OC(=O)N(c1ccccc1)[C-]([S-])Nc1ccccc1.[Pd+2]. The Balaban J connectivity index is 0.00000288. The minimum absolute atomic E-state index is 0. The van der Waals surface area contributed by atoms with Gasteiger partial charge in [0.15, 0.2) is 0 Å². The molecule has 6 heteroatoms. The fraction of sp³-hybridized carbons (Fsp3) is 0.222. The van der Waals surface area contributed by atoms with Crippen LogP contribution in [0.1, 0.15) is 20.8 Å². The van der Waals surface area contributed by atoms with Crippen LogP contribution in [-0.2, 0) is 37.8 Å². The van der Waals surface area contributed by atoms with Crippen LogP contribution >= 0.6 is 0 Å². The van der Waals surface area contributed by atoms with Crippen molar-refractivity contribution in [2.75, 3.05) is 10.2 Å². The van der Waals surface area contributed by atoms with Gasteiger partial charge in [0, 0.05) is 11.4 Å². The predicted molar refractivity (Wildman–Crippen MR) is 95.8 cm³/mol. The smallest absolute Gasteiger partial charge is 0.971 e. The maximum absolute atomic E-state index is 12.6. The average Bonchev–Trinajstić information content (AvgIpc) is 2.47. The molecular weight excluding hydrogens is 415 g/mol. The zero-order chi connectivity index (χ0) is 16.9. The van der Waals surface area contributed by atoms with Gasteiger partial charge in [0.1, 0.15) is 5.60 Å². The van der Waals surface area contributed by atoms with Crippen LogP contribution in [0.5, 0.6) is 0 Å². The summed E-state index contributed by atoms with van der Waals surface area (Å²) < 4.78 is 5.47. The van der Waals surface area contributed by atoms with Crippen LogP contribution in [0.4, 0.5) is 16.2 Å². The minimum atomic E-state index is -0.605. The van der Waals surface area contributed by atoms with Gasteiger partial charge in [-0.1, -0.05) is 36.4 Å². The summed E-state index contributed by atoms with van der Waals surface area (Å²) in [7, 11) is 0. The van der Waals surface area contributed by atoms with Crippen LogP contribution in [0.15, 0.2) is 60.7 Å². The monoisotopic (exact) mass is 434 g/mol. The number of anilines is 2. The minimum Gasteiger partial charge on any atom is -0.971 e. The molecule has 0 aliphatic rings. The first-order valence-corrected chi connectivity index (χ1v) is 7.72. The van der Waals surface area contributed by atoms with Crippen LogP contribution < -0.4 is 10.2 Å². The molecule has 0 aromatic heterocycles. The molecule has 2 aromatic carbocycles. The molecule has 0 radical (unpaired) electrons. The van der Waals surface area contributed by atoms with Crippen LogP contribution in [0, 0.1) is 5.50 Å². The normalized spacial score (nSPS) is 10.7. The number of benzene rings is 2. The second-order valence-corrected chi connectivity index (χ2v) is 6.33. The Kier molecular flexibility index (Phi) is 7.82. The number of rotatable bonds is 4. The molecule has 4 nitrogen and oxygen atoms in total. The van der Waals surface area contributed by atoms with E-state index in [1.165, 1.54) is 4.90 Å².